The monoisotopic (exact) mass is 260 g/mol. The summed E-state index contributed by atoms with van der Waals surface area (Å²) in [6.45, 7) is 0. The number of hydrogen-bond acceptors (Lipinski definition) is 4. The van der Waals surface area contributed by atoms with E-state index < -0.39 is 0 Å². The molecule has 0 fully saturated rings. The number of fused-ring (bicyclic) bond motifs is 1. The number of aromatic nitrogens is 5. The van der Waals surface area contributed by atoms with Crippen LogP contribution in [0.3, 0.4) is 0 Å². The average Bonchev–Trinajstić information content (AvgIpc) is 2.96. The maximum absolute atomic E-state index is 12.0. The molecule has 0 aliphatic rings. The zero-order chi connectivity index (χ0) is 12.5. The quantitative estimate of drug-likeness (QED) is 0.604. The Morgan fingerprint density at radius 3 is 2.94 bits per heavy atom. The lowest BCUT2D eigenvalue weighted by Gasteiger charge is -2.02. The van der Waals surface area contributed by atoms with E-state index in [1.807, 2.05) is 24.3 Å². The lowest BCUT2D eigenvalue weighted by atomic mass is 10.2. The van der Waals surface area contributed by atoms with Crippen LogP contribution in [0.15, 0.2) is 30.6 Å². The summed E-state index contributed by atoms with van der Waals surface area (Å²) in [5.74, 6) is -0.357. The molecule has 0 spiro atoms. The summed E-state index contributed by atoms with van der Waals surface area (Å²) >= 11 is 4.93. The summed E-state index contributed by atoms with van der Waals surface area (Å²) < 4.78 is 1.63. The molecule has 8 heteroatoms. The van der Waals surface area contributed by atoms with Gasteiger partial charge in [0.15, 0.2) is 5.69 Å². The Morgan fingerprint density at radius 2 is 2.17 bits per heavy atom. The standard InChI is InChI=1S/C10H8N6OS/c17-9(15-16-5-11-14-10(16)18)8-6-3-1-2-4-7(6)12-13-8/h1-5H,(H,12,13)(H,14,18)(H,15,17). The van der Waals surface area contributed by atoms with Crippen LogP contribution in [0, 0.1) is 4.77 Å². The van der Waals surface area contributed by atoms with Gasteiger partial charge in [0.05, 0.1) is 5.52 Å². The molecule has 0 saturated carbocycles. The van der Waals surface area contributed by atoms with Gasteiger partial charge in [0.25, 0.3) is 5.91 Å². The Balaban J connectivity index is 1.98. The van der Waals surface area contributed by atoms with Crippen LogP contribution in [0.4, 0.5) is 0 Å². The number of nitrogens with zero attached hydrogens (tertiary/aromatic N) is 3. The number of para-hydroxylation sites is 1. The highest BCUT2D eigenvalue weighted by molar-refractivity contribution is 7.71. The van der Waals surface area contributed by atoms with Gasteiger partial charge >= 0.3 is 0 Å². The molecule has 0 bridgehead atoms. The van der Waals surface area contributed by atoms with Gasteiger partial charge in [0.1, 0.15) is 6.33 Å². The summed E-state index contributed by atoms with van der Waals surface area (Å²) in [6.07, 6.45) is 1.38. The zero-order valence-corrected chi connectivity index (χ0v) is 9.86. The highest BCUT2D eigenvalue weighted by atomic mass is 32.1. The van der Waals surface area contributed by atoms with E-state index in [4.69, 9.17) is 12.2 Å². The minimum atomic E-state index is -0.357. The van der Waals surface area contributed by atoms with Gasteiger partial charge in [0.2, 0.25) is 4.77 Å². The molecule has 2 aromatic heterocycles. The molecule has 18 heavy (non-hydrogen) atoms. The Labute approximate surface area is 106 Å². The summed E-state index contributed by atoms with van der Waals surface area (Å²) in [7, 11) is 0. The molecule has 3 aromatic rings. The number of carbonyl (C=O) groups is 1. The Kier molecular flexibility index (Phi) is 2.41. The molecule has 3 N–H and O–H groups in total. The lowest BCUT2D eigenvalue weighted by molar-refractivity contribution is 0.100. The fourth-order valence-corrected chi connectivity index (χ4v) is 1.77. The molecule has 0 unspecified atom stereocenters. The van der Waals surface area contributed by atoms with E-state index in [1.54, 1.807) is 0 Å². The minimum Gasteiger partial charge on any atom is -0.277 e. The topological polar surface area (TPSA) is 91.4 Å². The van der Waals surface area contributed by atoms with Gasteiger partial charge in [-0.15, -0.1) is 0 Å². The molecule has 0 atom stereocenters. The van der Waals surface area contributed by atoms with Crippen LogP contribution in [-0.2, 0) is 0 Å². The minimum absolute atomic E-state index is 0.309. The van der Waals surface area contributed by atoms with Gasteiger partial charge in [-0.3, -0.25) is 20.4 Å². The highest BCUT2D eigenvalue weighted by Gasteiger charge is 2.14. The second-order valence-electron chi connectivity index (χ2n) is 3.59. The second-order valence-corrected chi connectivity index (χ2v) is 3.98. The van der Waals surface area contributed by atoms with Gasteiger partial charge < -0.3 is 0 Å². The van der Waals surface area contributed by atoms with Crippen molar-refractivity contribution >= 4 is 29.0 Å². The lowest BCUT2D eigenvalue weighted by Crippen LogP contribution is -2.22. The predicted octanol–water partition coefficient (Wildman–Crippen LogP) is 1.20. The molecule has 0 aliphatic carbocycles. The number of H-pyrrole nitrogens is 2. The van der Waals surface area contributed by atoms with E-state index in [2.05, 4.69) is 25.8 Å². The first-order chi connectivity index (χ1) is 8.75. The molecule has 7 nitrogen and oxygen atoms in total. The number of rotatable bonds is 2. The maximum atomic E-state index is 12.0. The molecule has 90 valence electrons. The molecule has 2 heterocycles. The van der Waals surface area contributed by atoms with Crippen molar-refractivity contribution < 1.29 is 4.79 Å². The van der Waals surface area contributed by atoms with Crippen molar-refractivity contribution in [1.29, 1.82) is 0 Å². The van der Waals surface area contributed by atoms with E-state index in [0.29, 0.717) is 10.5 Å². The number of aromatic amines is 2. The summed E-state index contributed by atoms with van der Waals surface area (Å²) in [4.78, 5) is 12.0. The summed E-state index contributed by atoms with van der Waals surface area (Å²) in [6, 6.07) is 7.39. The molecule has 1 amide bonds. The van der Waals surface area contributed by atoms with Crippen LogP contribution in [0.1, 0.15) is 10.5 Å². The molecule has 1 aromatic carbocycles. The number of carbonyl (C=O) groups excluding carboxylic acids is 1. The molecular weight excluding hydrogens is 252 g/mol. The number of nitrogens with one attached hydrogen (secondary N) is 3. The first-order valence-electron chi connectivity index (χ1n) is 5.12. The molecule has 3 rings (SSSR count). The third-order valence-electron chi connectivity index (χ3n) is 2.46. The van der Waals surface area contributed by atoms with E-state index in [1.165, 1.54) is 11.0 Å². The fourth-order valence-electron chi connectivity index (χ4n) is 1.63. The molecule has 0 aliphatic heterocycles. The Hall–Kier alpha value is -2.48. The summed E-state index contributed by atoms with van der Waals surface area (Å²) in [5, 5.41) is 13.8. The van der Waals surface area contributed by atoms with Gasteiger partial charge in [-0.2, -0.15) is 10.2 Å². The van der Waals surface area contributed by atoms with E-state index >= 15 is 0 Å². The van der Waals surface area contributed by atoms with Crippen LogP contribution in [0.2, 0.25) is 0 Å². The summed E-state index contributed by atoms with van der Waals surface area (Å²) in [5.41, 5.74) is 3.70. The SMILES string of the molecule is O=C(Nn1cn[nH]c1=S)c1n[nH]c2ccccc12. The third-order valence-corrected chi connectivity index (χ3v) is 2.75. The highest BCUT2D eigenvalue weighted by Crippen LogP contribution is 2.14. The fraction of sp³-hybridized carbons (Fsp3) is 0. The largest absolute Gasteiger partial charge is 0.291 e. The zero-order valence-electron chi connectivity index (χ0n) is 9.04. The molecular formula is C10H8N6OS. The number of benzene rings is 1. The van der Waals surface area contributed by atoms with Crippen LogP contribution in [0.5, 0.6) is 0 Å². The number of hydrogen-bond donors (Lipinski definition) is 3. The van der Waals surface area contributed by atoms with Crippen molar-refractivity contribution in [2.45, 2.75) is 0 Å². The Bertz CT molecular complexity index is 770. The average molecular weight is 260 g/mol. The second kappa shape index (κ2) is 4.08. The maximum Gasteiger partial charge on any atom is 0.291 e. The van der Waals surface area contributed by atoms with Crippen molar-refractivity contribution in [2.24, 2.45) is 0 Å². The van der Waals surface area contributed by atoms with E-state index in [0.717, 1.165) is 10.9 Å². The van der Waals surface area contributed by atoms with Crippen molar-refractivity contribution in [3.05, 3.63) is 41.1 Å². The normalized spacial score (nSPS) is 10.7. The van der Waals surface area contributed by atoms with Gasteiger partial charge in [0, 0.05) is 5.39 Å². The van der Waals surface area contributed by atoms with Crippen molar-refractivity contribution in [1.82, 2.24) is 25.1 Å². The van der Waals surface area contributed by atoms with Gasteiger partial charge in [-0.1, -0.05) is 18.2 Å². The molecule has 0 radical (unpaired) electrons. The van der Waals surface area contributed by atoms with Crippen LogP contribution in [0.25, 0.3) is 10.9 Å². The smallest absolute Gasteiger partial charge is 0.277 e. The number of amides is 1. The first-order valence-corrected chi connectivity index (χ1v) is 5.53. The van der Waals surface area contributed by atoms with Crippen molar-refractivity contribution in [2.75, 3.05) is 5.43 Å². The van der Waals surface area contributed by atoms with Crippen LogP contribution in [-0.4, -0.2) is 31.0 Å². The van der Waals surface area contributed by atoms with Crippen LogP contribution < -0.4 is 5.43 Å². The first kappa shape index (κ1) is 10.7. The predicted molar refractivity (Wildman–Crippen MR) is 67.2 cm³/mol. The van der Waals surface area contributed by atoms with Crippen molar-refractivity contribution in [3.8, 4) is 0 Å². The molecule has 0 saturated heterocycles. The van der Waals surface area contributed by atoms with Gasteiger partial charge in [-0.25, -0.2) is 4.68 Å². The third kappa shape index (κ3) is 1.68. The van der Waals surface area contributed by atoms with E-state index in [9.17, 15) is 4.79 Å². The van der Waals surface area contributed by atoms with Crippen LogP contribution >= 0.6 is 12.2 Å². The van der Waals surface area contributed by atoms with Crippen molar-refractivity contribution in [3.63, 3.8) is 0 Å². The van der Waals surface area contributed by atoms with Gasteiger partial charge in [-0.05, 0) is 18.3 Å². The Morgan fingerprint density at radius 1 is 1.33 bits per heavy atom. The van der Waals surface area contributed by atoms with E-state index in [-0.39, 0.29) is 5.91 Å².